The molecule has 1 aromatic carbocycles. The van der Waals surface area contributed by atoms with Crippen molar-refractivity contribution in [1.82, 2.24) is 15.6 Å². The highest BCUT2D eigenvalue weighted by atomic mass is 19.4. The molecule has 2 aromatic rings. The Hall–Kier alpha value is -2.77. The number of alkyl halides is 3. The zero-order valence-electron chi connectivity index (χ0n) is 14.4. The molecule has 8 heteroatoms. The molecule has 0 saturated carbocycles. The molecule has 0 atom stereocenters. The van der Waals surface area contributed by atoms with Gasteiger partial charge in [-0.3, -0.25) is 4.99 Å². The van der Waals surface area contributed by atoms with Crippen molar-refractivity contribution in [3.8, 4) is 5.88 Å². The summed E-state index contributed by atoms with van der Waals surface area (Å²) in [6, 6.07) is 13.2. The first-order chi connectivity index (χ1) is 12.5. The number of hydrogen-bond acceptors (Lipinski definition) is 3. The van der Waals surface area contributed by atoms with Crippen LogP contribution in [0.25, 0.3) is 0 Å². The lowest BCUT2D eigenvalue weighted by Crippen LogP contribution is -2.37. The predicted octanol–water partition coefficient (Wildman–Crippen LogP) is 2.93. The molecule has 1 heterocycles. The number of pyridine rings is 1. The molecule has 26 heavy (non-hydrogen) atoms. The third-order valence-electron chi connectivity index (χ3n) is 3.41. The third kappa shape index (κ3) is 7.42. The van der Waals surface area contributed by atoms with Crippen LogP contribution in [0.2, 0.25) is 0 Å². The molecular formula is C18H21F3N4O. The van der Waals surface area contributed by atoms with E-state index in [9.17, 15) is 13.2 Å². The van der Waals surface area contributed by atoms with E-state index in [0.29, 0.717) is 12.5 Å². The van der Waals surface area contributed by atoms with Gasteiger partial charge in [0.05, 0.1) is 0 Å². The van der Waals surface area contributed by atoms with Gasteiger partial charge in [-0.2, -0.15) is 13.2 Å². The van der Waals surface area contributed by atoms with Gasteiger partial charge in [-0.15, -0.1) is 0 Å². The Morgan fingerprint density at radius 1 is 1.08 bits per heavy atom. The second kappa shape index (κ2) is 9.65. The first-order valence-corrected chi connectivity index (χ1v) is 8.09. The lowest BCUT2D eigenvalue weighted by atomic mass is 10.1. The summed E-state index contributed by atoms with van der Waals surface area (Å²) in [7, 11) is 1.67. The molecule has 5 nitrogen and oxygen atoms in total. The van der Waals surface area contributed by atoms with Gasteiger partial charge in [0.25, 0.3) is 0 Å². The van der Waals surface area contributed by atoms with E-state index in [2.05, 4.69) is 37.5 Å². The van der Waals surface area contributed by atoms with Gasteiger partial charge < -0.3 is 15.4 Å². The molecule has 0 unspecified atom stereocenters. The van der Waals surface area contributed by atoms with Gasteiger partial charge in [0.1, 0.15) is 0 Å². The van der Waals surface area contributed by atoms with Crippen LogP contribution in [0, 0.1) is 0 Å². The average molecular weight is 366 g/mol. The SMILES string of the molecule is CN=C(NCCc1ccccc1)NCc1ccc(OCC(F)(F)F)nc1. The maximum atomic E-state index is 12.1. The normalized spacial score (nSPS) is 11.9. The molecule has 0 amide bonds. The van der Waals surface area contributed by atoms with E-state index >= 15 is 0 Å². The molecule has 2 rings (SSSR count). The van der Waals surface area contributed by atoms with Gasteiger partial charge in [-0.1, -0.05) is 36.4 Å². The molecule has 0 aliphatic carbocycles. The second-order valence-electron chi connectivity index (χ2n) is 5.50. The Morgan fingerprint density at radius 2 is 1.85 bits per heavy atom. The third-order valence-corrected chi connectivity index (χ3v) is 3.41. The topological polar surface area (TPSA) is 58.5 Å². The average Bonchev–Trinajstić information content (AvgIpc) is 2.64. The van der Waals surface area contributed by atoms with Crippen LogP contribution in [0.4, 0.5) is 13.2 Å². The molecule has 0 bridgehead atoms. The van der Waals surface area contributed by atoms with E-state index in [1.54, 1.807) is 13.1 Å². The van der Waals surface area contributed by atoms with E-state index in [4.69, 9.17) is 0 Å². The largest absolute Gasteiger partial charge is 0.468 e. The highest BCUT2D eigenvalue weighted by Crippen LogP contribution is 2.16. The van der Waals surface area contributed by atoms with Crippen LogP contribution in [-0.4, -0.2) is 37.3 Å². The van der Waals surface area contributed by atoms with Crippen LogP contribution in [0.5, 0.6) is 5.88 Å². The number of ether oxygens (including phenoxy) is 1. The van der Waals surface area contributed by atoms with Crippen LogP contribution < -0.4 is 15.4 Å². The Morgan fingerprint density at radius 3 is 2.46 bits per heavy atom. The summed E-state index contributed by atoms with van der Waals surface area (Å²) < 4.78 is 40.9. The number of nitrogens with zero attached hydrogens (tertiary/aromatic N) is 2. The molecule has 2 N–H and O–H groups in total. The first kappa shape index (κ1) is 19.6. The zero-order chi connectivity index (χ0) is 18.8. The number of hydrogen-bond donors (Lipinski definition) is 2. The van der Waals surface area contributed by atoms with Gasteiger partial charge in [-0.25, -0.2) is 4.98 Å². The molecule has 0 aliphatic heterocycles. The minimum atomic E-state index is -4.38. The summed E-state index contributed by atoms with van der Waals surface area (Å²) >= 11 is 0. The maximum absolute atomic E-state index is 12.1. The quantitative estimate of drug-likeness (QED) is 0.584. The predicted molar refractivity (Wildman–Crippen MR) is 94.1 cm³/mol. The summed E-state index contributed by atoms with van der Waals surface area (Å²) in [5.41, 5.74) is 2.03. The zero-order valence-corrected chi connectivity index (χ0v) is 14.4. The number of guanidine groups is 1. The van der Waals surface area contributed by atoms with E-state index in [1.807, 2.05) is 18.2 Å². The summed E-state index contributed by atoms with van der Waals surface area (Å²) in [5.74, 6) is 0.578. The second-order valence-corrected chi connectivity index (χ2v) is 5.50. The molecule has 140 valence electrons. The summed E-state index contributed by atoms with van der Waals surface area (Å²) in [6.45, 7) is -0.181. The number of nitrogens with one attached hydrogen (secondary N) is 2. The van der Waals surface area contributed by atoms with Crippen LogP contribution in [0.1, 0.15) is 11.1 Å². The Labute approximate surface area is 150 Å². The lowest BCUT2D eigenvalue weighted by Gasteiger charge is -2.12. The van der Waals surface area contributed by atoms with Crippen molar-refractivity contribution in [2.24, 2.45) is 4.99 Å². The van der Waals surface area contributed by atoms with Crippen molar-refractivity contribution in [2.45, 2.75) is 19.1 Å². The van der Waals surface area contributed by atoms with E-state index in [1.165, 1.54) is 17.8 Å². The molecule has 0 spiro atoms. The first-order valence-electron chi connectivity index (χ1n) is 8.09. The fourth-order valence-electron chi connectivity index (χ4n) is 2.13. The standard InChI is InChI=1S/C18H21F3N4O/c1-22-17(23-10-9-14-5-3-2-4-6-14)25-12-15-7-8-16(24-11-15)26-13-18(19,20)21/h2-8,11H,9-10,12-13H2,1H3,(H2,22,23,25). The smallest absolute Gasteiger partial charge is 0.422 e. The molecule has 0 saturated heterocycles. The van der Waals surface area contributed by atoms with Crippen LogP contribution >= 0.6 is 0 Å². The van der Waals surface area contributed by atoms with Crippen molar-refractivity contribution >= 4 is 5.96 Å². The van der Waals surface area contributed by atoms with E-state index in [-0.39, 0.29) is 5.88 Å². The lowest BCUT2D eigenvalue weighted by molar-refractivity contribution is -0.154. The van der Waals surface area contributed by atoms with Gasteiger partial charge >= 0.3 is 6.18 Å². The van der Waals surface area contributed by atoms with Crippen LogP contribution in [0.3, 0.4) is 0 Å². The summed E-state index contributed by atoms with van der Waals surface area (Å²) in [4.78, 5) is 8.00. The number of halogens is 3. The summed E-state index contributed by atoms with van der Waals surface area (Å²) in [5, 5.41) is 6.33. The minimum Gasteiger partial charge on any atom is -0.468 e. The van der Waals surface area contributed by atoms with Gasteiger partial charge in [0.2, 0.25) is 5.88 Å². The fourth-order valence-corrected chi connectivity index (χ4v) is 2.13. The Bertz CT molecular complexity index is 688. The van der Waals surface area contributed by atoms with Gasteiger partial charge in [-0.05, 0) is 17.5 Å². The van der Waals surface area contributed by atoms with Crippen molar-refractivity contribution in [1.29, 1.82) is 0 Å². The van der Waals surface area contributed by atoms with Gasteiger partial charge in [0.15, 0.2) is 12.6 Å². The molecular weight excluding hydrogens is 345 g/mol. The Kier molecular flexibility index (Phi) is 7.25. The summed E-state index contributed by atoms with van der Waals surface area (Å²) in [6.07, 6.45) is -2.04. The molecule has 0 fully saturated rings. The van der Waals surface area contributed by atoms with Crippen molar-refractivity contribution < 1.29 is 17.9 Å². The number of aromatic nitrogens is 1. The monoisotopic (exact) mass is 366 g/mol. The van der Waals surface area contributed by atoms with E-state index in [0.717, 1.165) is 18.5 Å². The van der Waals surface area contributed by atoms with E-state index < -0.39 is 12.8 Å². The van der Waals surface area contributed by atoms with Crippen LogP contribution in [-0.2, 0) is 13.0 Å². The molecule has 0 radical (unpaired) electrons. The van der Waals surface area contributed by atoms with Crippen molar-refractivity contribution in [2.75, 3.05) is 20.2 Å². The Balaban J connectivity index is 1.73. The van der Waals surface area contributed by atoms with Crippen LogP contribution in [0.15, 0.2) is 53.7 Å². The highest BCUT2D eigenvalue weighted by molar-refractivity contribution is 5.79. The van der Waals surface area contributed by atoms with Crippen molar-refractivity contribution in [3.05, 3.63) is 59.8 Å². The highest BCUT2D eigenvalue weighted by Gasteiger charge is 2.28. The van der Waals surface area contributed by atoms with Crippen molar-refractivity contribution in [3.63, 3.8) is 0 Å². The number of rotatable bonds is 7. The molecule has 1 aromatic heterocycles. The maximum Gasteiger partial charge on any atom is 0.422 e. The number of benzene rings is 1. The van der Waals surface area contributed by atoms with Gasteiger partial charge in [0, 0.05) is 32.4 Å². The molecule has 0 aliphatic rings. The fraction of sp³-hybridized carbons (Fsp3) is 0.333. The number of aliphatic imine (C=N–C) groups is 1. The minimum absolute atomic E-state index is 0.0588.